The van der Waals surface area contributed by atoms with Crippen molar-refractivity contribution < 1.29 is 24.1 Å². The maximum absolute atomic E-state index is 10.7. The fourth-order valence-corrected chi connectivity index (χ4v) is 5.15. The van der Waals surface area contributed by atoms with Crippen molar-refractivity contribution in [2.75, 3.05) is 17.2 Å². The van der Waals surface area contributed by atoms with Crippen LogP contribution in [-0.2, 0) is 19.0 Å². The van der Waals surface area contributed by atoms with Gasteiger partial charge in [0, 0.05) is 16.7 Å². The van der Waals surface area contributed by atoms with Crippen LogP contribution in [0.1, 0.15) is 45.8 Å². The van der Waals surface area contributed by atoms with Gasteiger partial charge >= 0.3 is 5.97 Å². The van der Waals surface area contributed by atoms with E-state index in [0.717, 1.165) is 41.8 Å². The summed E-state index contributed by atoms with van der Waals surface area (Å²) in [7, 11) is 0. The summed E-state index contributed by atoms with van der Waals surface area (Å²) in [5, 5.41) is 7.74. The van der Waals surface area contributed by atoms with Crippen LogP contribution in [0.15, 0.2) is 18.6 Å². The molecular weight excluding hydrogens is 408 g/mol. The molecule has 4 rings (SSSR count). The van der Waals surface area contributed by atoms with E-state index < -0.39 is 11.8 Å². The molecule has 2 aromatic rings. The van der Waals surface area contributed by atoms with Gasteiger partial charge in [-0.1, -0.05) is 6.42 Å². The van der Waals surface area contributed by atoms with Gasteiger partial charge in [-0.3, -0.25) is 0 Å². The summed E-state index contributed by atoms with van der Waals surface area (Å²) in [6.45, 7) is 3.85. The van der Waals surface area contributed by atoms with Gasteiger partial charge in [0.2, 0.25) is 0 Å². The summed E-state index contributed by atoms with van der Waals surface area (Å²) in [6.07, 6.45) is 5.64. The molecule has 4 atom stereocenters. The molecule has 0 bridgehead atoms. The molecule has 0 unspecified atom stereocenters. The number of thioether (sulfide) groups is 1. The van der Waals surface area contributed by atoms with Crippen LogP contribution in [0.4, 0.5) is 5.82 Å². The maximum Gasteiger partial charge on any atom is 0.515 e. The predicted molar refractivity (Wildman–Crippen MR) is 114 cm³/mol. The Kier molecular flexibility index (Phi) is 6.19. The number of hydrogen-bond acceptors (Lipinski definition) is 8. The molecular formula is C20H29N4O5S+. The van der Waals surface area contributed by atoms with E-state index >= 15 is 0 Å². The van der Waals surface area contributed by atoms with Gasteiger partial charge in [0.25, 0.3) is 0 Å². The fourth-order valence-electron chi connectivity index (χ4n) is 4.08. The first-order valence-corrected chi connectivity index (χ1v) is 11.4. The molecule has 0 aromatic carbocycles. The monoisotopic (exact) mass is 437 g/mol. The smallest absolute Gasteiger partial charge is 0.515 e. The Hall–Kier alpha value is -1.88. The second kappa shape index (κ2) is 8.70. The van der Waals surface area contributed by atoms with E-state index in [-0.39, 0.29) is 24.5 Å². The Balaban J connectivity index is 1.41. The van der Waals surface area contributed by atoms with Crippen molar-refractivity contribution >= 4 is 34.6 Å². The minimum Gasteiger partial charge on any atom is -0.565 e. The van der Waals surface area contributed by atoms with E-state index in [1.807, 2.05) is 42.4 Å². The van der Waals surface area contributed by atoms with Crippen LogP contribution in [0.5, 0.6) is 0 Å². The van der Waals surface area contributed by atoms with Gasteiger partial charge in [-0.2, -0.15) is 11.8 Å². The van der Waals surface area contributed by atoms with E-state index in [2.05, 4.69) is 9.97 Å². The first kappa shape index (κ1) is 21.4. The first-order valence-electron chi connectivity index (χ1n) is 10.3. The number of nitrogens with zero attached hydrogens (tertiary/aromatic N) is 3. The standard InChI is InChI=1S/C20H28N4O5S/c1-20(2)28-15-13(10-30-9-5-3-4-6-14(25)26)27-19(16(15)29-20)24-8-7-12-17(21)22-11-23-18(12)24/h7-8,11,13,15-16,19H,3-6,9-10H2,1-2H3,(H,25,26)(H2,21,22,23)/p+1/t13-,15-,16-,19-/m1/s1. The second-order valence-corrected chi connectivity index (χ2v) is 9.31. The highest BCUT2D eigenvalue weighted by Gasteiger charge is 2.55. The number of carbonyl (C=O) groups is 1. The van der Waals surface area contributed by atoms with Crippen LogP contribution < -0.4 is 5.73 Å². The highest BCUT2D eigenvalue weighted by molar-refractivity contribution is 7.99. The lowest BCUT2D eigenvalue weighted by Crippen LogP contribution is -2.31. The van der Waals surface area contributed by atoms with Crippen LogP contribution in [0.3, 0.4) is 0 Å². The lowest BCUT2D eigenvalue weighted by atomic mass is 10.1. The Morgan fingerprint density at radius 1 is 1.27 bits per heavy atom. The Bertz CT molecular complexity index is 904. The zero-order valence-electron chi connectivity index (χ0n) is 17.2. The SMILES string of the molecule is CC1(C)O[C@@H]2[C@H](O1)[C@@H](CSCCCCCC(=O)[OH2+])O[C@H]2n1ccc2c(N)ncnc21. The zero-order chi connectivity index (χ0) is 21.3. The Morgan fingerprint density at radius 2 is 2.07 bits per heavy atom. The highest BCUT2D eigenvalue weighted by atomic mass is 32.2. The number of ether oxygens (including phenoxy) is 3. The summed E-state index contributed by atoms with van der Waals surface area (Å²) in [4.78, 5) is 19.1. The molecule has 4 N–H and O–H groups in total. The third kappa shape index (κ3) is 4.41. The van der Waals surface area contributed by atoms with Gasteiger partial charge in [-0.25, -0.2) is 9.97 Å². The van der Waals surface area contributed by atoms with E-state index in [1.165, 1.54) is 6.33 Å². The van der Waals surface area contributed by atoms with Crippen molar-refractivity contribution in [3.63, 3.8) is 0 Å². The molecule has 2 aromatic heterocycles. The Morgan fingerprint density at radius 3 is 2.87 bits per heavy atom. The number of fused-ring (bicyclic) bond motifs is 2. The molecule has 2 aliphatic rings. The van der Waals surface area contributed by atoms with Crippen LogP contribution in [0.2, 0.25) is 0 Å². The number of unbranched alkanes of at least 4 members (excludes halogenated alkanes) is 2. The summed E-state index contributed by atoms with van der Waals surface area (Å²) >= 11 is 1.82. The number of rotatable bonds is 9. The number of aromatic nitrogens is 3. The van der Waals surface area contributed by atoms with Crippen molar-refractivity contribution in [3.8, 4) is 0 Å². The van der Waals surface area contributed by atoms with Gasteiger partial charge in [-0.05, 0) is 38.5 Å². The fraction of sp³-hybridized carbons (Fsp3) is 0.650. The number of nitrogen functional groups attached to an aromatic ring is 1. The van der Waals surface area contributed by atoms with Crippen molar-refractivity contribution in [1.29, 1.82) is 0 Å². The van der Waals surface area contributed by atoms with Gasteiger partial charge in [0.15, 0.2) is 12.0 Å². The van der Waals surface area contributed by atoms with Gasteiger partial charge < -0.3 is 29.6 Å². The zero-order valence-corrected chi connectivity index (χ0v) is 18.1. The van der Waals surface area contributed by atoms with E-state index in [9.17, 15) is 4.79 Å². The van der Waals surface area contributed by atoms with E-state index in [1.54, 1.807) is 0 Å². The largest absolute Gasteiger partial charge is 0.565 e. The predicted octanol–water partition coefficient (Wildman–Crippen LogP) is 1.98. The topological polar surface area (TPSA) is 124 Å². The normalized spacial score (nSPS) is 27.5. The summed E-state index contributed by atoms with van der Waals surface area (Å²) in [5.74, 6) is 1.07. The van der Waals surface area contributed by atoms with Gasteiger partial charge in [0.05, 0.1) is 11.5 Å². The average Bonchev–Trinajstić information content (AvgIpc) is 3.33. The lowest BCUT2D eigenvalue weighted by Gasteiger charge is -2.25. The molecule has 2 fully saturated rings. The molecule has 0 spiro atoms. The molecule has 2 aliphatic heterocycles. The number of carbonyl (C=O) groups excluding carboxylic acids is 1. The van der Waals surface area contributed by atoms with Gasteiger partial charge in [0.1, 0.15) is 36.4 Å². The number of nitrogens with two attached hydrogens (primary N) is 1. The first-order chi connectivity index (χ1) is 14.4. The molecule has 4 heterocycles. The maximum atomic E-state index is 10.7. The molecule has 0 saturated carbocycles. The van der Waals surface area contributed by atoms with Crippen LogP contribution >= 0.6 is 11.8 Å². The van der Waals surface area contributed by atoms with Crippen LogP contribution in [0, 0.1) is 0 Å². The summed E-state index contributed by atoms with van der Waals surface area (Å²) in [6, 6.07) is 1.90. The highest BCUT2D eigenvalue weighted by Crippen LogP contribution is 2.44. The minimum absolute atomic E-state index is 0.0989. The molecule has 0 amide bonds. The molecule has 9 nitrogen and oxygen atoms in total. The Labute approximate surface area is 179 Å². The van der Waals surface area contributed by atoms with Crippen molar-refractivity contribution in [3.05, 3.63) is 18.6 Å². The van der Waals surface area contributed by atoms with E-state index in [0.29, 0.717) is 12.2 Å². The molecule has 0 radical (unpaired) electrons. The average molecular weight is 438 g/mol. The molecule has 2 saturated heterocycles. The third-order valence-corrected chi connectivity index (χ3v) is 6.56. The van der Waals surface area contributed by atoms with Crippen molar-refractivity contribution in [1.82, 2.24) is 14.5 Å². The summed E-state index contributed by atoms with van der Waals surface area (Å²) in [5.41, 5.74) is 6.70. The van der Waals surface area contributed by atoms with E-state index in [4.69, 9.17) is 25.1 Å². The third-order valence-electron chi connectivity index (χ3n) is 5.41. The second-order valence-electron chi connectivity index (χ2n) is 8.16. The van der Waals surface area contributed by atoms with Crippen molar-refractivity contribution in [2.45, 2.75) is 69.9 Å². The summed E-state index contributed by atoms with van der Waals surface area (Å²) < 4.78 is 20.7. The van der Waals surface area contributed by atoms with Crippen LogP contribution in [-0.4, -0.2) is 61.2 Å². The quantitative estimate of drug-likeness (QED) is 0.466. The van der Waals surface area contributed by atoms with Gasteiger partial charge in [-0.15, -0.1) is 0 Å². The molecule has 30 heavy (non-hydrogen) atoms. The minimum atomic E-state index is -0.667. The molecule has 0 aliphatic carbocycles. The van der Waals surface area contributed by atoms with Crippen molar-refractivity contribution in [2.24, 2.45) is 0 Å². The molecule has 10 heteroatoms. The van der Waals surface area contributed by atoms with Crippen LogP contribution in [0.25, 0.3) is 11.0 Å². The lowest BCUT2D eigenvalue weighted by molar-refractivity contribution is -0.193. The number of anilines is 1. The number of hydrogen-bond donors (Lipinski definition) is 1. The molecule has 164 valence electrons.